The van der Waals surface area contributed by atoms with E-state index in [1.54, 1.807) is 12.1 Å². The molecule has 0 saturated heterocycles. The summed E-state index contributed by atoms with van der Waals surface area (Å²) < 4.78 is 1.92. The van der Waals surface area contributed by atoms with Crippen LogP contribution in [-0.2, 0) is 6.54 Å². The van der Waals surface area contributed by atoms with Gasteiger partial charge in [-0.2, -0.15) is 0 Å². The number of nitrogens with zero attached hydrogens (tertiary/aromatic N) is 3. The summed E-state index contributed by atoms with van der Waals surface area (Å²) >= 11 is 12.6. The number of nitrogen functional groups attached to an aromatic ring is 1. The molecule has 4 rings (SSSR count). The van der Waals surface area contributed by atoms with E-state index in [1.165, 1.54) is 0 Å². The van der Waals surface area contributed by atoms with Crippen LogP contribution in [0.2, 0.25) is 10.0 Å². The van der Waals surface area contributed by atoms with Crippen LogP contribution in [0.15, 0.2) is 48.7 Å². The number of hydrogen-bond acceptors (Lipinski definition) is 4. The van der Waals surface area contributed by atoms with Gasteiger partial charge in [-0.05, 0) is 37.3 Å². The third-order valence-corrected chi connectivity index (χ3v) is 5.04. The third-order valence-electron chi connectivity index (χ3n) is 4.49. The summed E-state index contributed by atoms with van der Waals surface area (Å²) in [4.78, 5) is 9.30. The molecule has 2 aromatic heterocycles. The first kappa shape index (κ1) is 17.8. The largest absolute Gasteiger partial charge is 0.399 e. The fraction of sp³-hybridized carbons (Fsp3) is 0.100. The Bertz CT molecular complexity index is 1170. The van der Waals surface area contributed by atoms with Gasteiger partial charge in [-0.1, -0.05) is 35.3 Å². The molecular formula is C20H17Cl2N5. The summed E-state index contributed by atoms with van der Waals surface area (Å²) in [6.45, 7) is 2.25. The standard InChI is InChI=1S/C20H17Cl2N5/c1-11-16(9-23)19(15-6-5-13(21)8-17(15)22)27-10-18(26-20(27)25-11)12-3-2-4-14(24)7-12/h2-8,10H,9,23-24H2,1H3. The van der Waals surface area contributed by atoms with Gasteiger partial charge in [0.1, 0.15) is 0 Å². The topological polar surface area (TPSA) is 82.2 Å². The van der Waals surface area contributed by atoms with Gasteiger partial charge in [-0.15, -0.1) is 0 Å². The number of benzene rings is 2. The second-order valence-electron chi connectivity index (χ2n) is 6.27. The van der Waals surface area contributed by atoms with Gasteiger partial charge < -0.3 is 11.5 Å². The van der Waals surface area contributed by atoms with Crippen molar-refractivity contribution in [3.63, 3.8) is 0 Å². The first-order chi connectivity index (χ1) is 13.0. The maximum absolute atomic E-state index is 6.49. The molecule has 0 radical (unpaired) electrons. The maximum Gasteiger partial charge on any atom is 0.235 e. The highest BCUT2D eigenvalue weighted by Gasteiger charge is 2.18. The molecule has 0 atom stereocenters. The number of aromatic nitrogens is 3. The van der Waals surface area contributed by atoms with Gasteiger partial charge in [0.05, 0.1) is 16.4 Å². The SMILES string of the molecule is Cc1nc2nc(-c3cccc(N)c3)cn2c(-c2ccc(Cl)cc2Cl)c1CN. The number of halogens is 2. The maximum atomic E-state index is 6.49. The molecule has 0 aliphatic carbocycles. The van der Waals surface area contributed by atoms with Crippen molar-refractivity contribution in [1.82, 2.24) is 14.4 Å². The monoisotopic (exact) mass is 397 g/mol. The Morgan fingerprint density at radius 3 is 2.59 bits per heavy atom. The number of aryl methyl sites for hydroxylation is 1. The molecular weight excluding hydrogens is 381 g/mol. The van der Waals surface area contributed by atoms with E-state index in [0.717, 1.165) is 33.8 Å². The molecule has 0 amide bonds. The van der Waals surface area contributed by atoms with E-state index in [-0.39, 0.29) is 0 Å². The van der Waals surface area contributed by atoms with Crippen LogP contribution in [0, 0.1) is 6.92 Å². The Hall–Kier alpha value is -2.60. The lowest BCUT2D eigenvalue weighted by atomic mass is 10.0. The van der Waals surface area contributed by atoms with E-state index in [9.17, 15) is 0 Å². The van der Waals surface area contributed by atoms with Crippen molar-refractivity contribution in [1.29, 1.82) is 0 Å². The van der Waals surface area contributed by atoms with E-state index in [2.05, 4.69) is 9.97 Å². The number of hydrogen-bond donors (Lipinski definition) is 2. The third kappa shape index (κ3) is 3.14. The van der Waals surface area contributed by atoms with Crippen molar-refractivity contribution in [2.75, 3.05) is 5.73 Å². The Kier molecular flexibility index (Phi) is 4.52. The minimum atomic E-state index is 0.328. The van der Waals surface area contributed by atoms with Gasteiger partial charge in [0, 0.05) is 45.8 Å². The van der Waals surface area contributed by atoms with Crippen molar-refractivity contribution >= 4 is 34.7 Å². The van der Waals surface area contributed by atoms with Gasteiger partial charge >= 0.3 is 0 Å². The molecule has 0 bridgehead atoms. The van der Waals surface area contributed by atoms with Crippen LogP contribution >= 0.6 is 23.2 Å². The molecule has 2 heterocycles. The fourth-order valence-electron chi connectivity index (χ4n) is 3.20. The average Bonchev–Trinajstić information content (AvgIpc) is 3.04. The summed E-state index contributed by atoms with van der Waals surface area (Å²) in [5.74, 6) is 0.572. The van der Waals surface area contributed by atoms with Crippen LogP contribution in [0.4, 0.5) is 5.69 Å². The predicted octanol–water partition coefficient (Wildman–Crippen LogP) is 4.72. The highest BCUT2D eigenvalue weighted by atomic mass is 35.5. The molecule has 5 nitrogen and oxygen atoms in total. The molecule has 0 fully saturated rings. The van der Waals surface area contributed by atoms with E-state index in [1.807, 2.05) is 47.9 Å². The van der Waals surface area contributed by atoms with Crippen LogP contribution in [0.3, 0.4) is 0 Å². The zero-order valence-corrected chi connectivity index (χ0v) is 16.1. The average molecular weight is 398 g/mol. The van der Waals surface area contributed by atoms with Crippen LogP contribution in [0.25, 0.3) is 28.3 Å². The second kappa shape index (κ2) is 6.85. The molecule has 0 aliphatic rings. The van der Waals surface area contributed by atoms with E-state index in [0.29, 0.717) is 28.1 Å². The summed E-state index contributed by atoms with van der Waals surface area (Å²) in [5.41, 5.74) is 17.7. The molecule has 4 aromatic rings. The Labute approximate surface area is 166 Å². The van der Waals surface area contributed by atoms with E-state index >= 15 is 0 Å². The zero-order chi connectivity index (χ0) is 19.1. The Morgan fingerprint density at radius 1 is 1.07 bits per heavy atom. The predicted molar refractivity (Wildman–Crippen MR) is 111 cm³/mol. The number of imidazole rings is 1. The van der Waals surface area contributed by atoms with Crippen LogP contribution in [-0.4, -0.2) is 14.4 Å². The molecule has 0 unspecified atom stereocenters. The van der Waals surface area contributed by atoms with Gasteiger partial charge in [0.2, 0.25) is 5.78 Å². The smallest absolute Gasteiger partial charge is 0.235 e. The van der Waals surface area contributed by atoms with E-state index in [4.69, 9.17) is 34.7 Å². The quantitative estimate of drug-likeness (QED) is 0.490. The molecule has 0 aliphatic heterocycles. The van der Waals surface area contributed by atoms with Crippen molar-refractivity contribution in [2.24, 2.45) is 5.73 Å². The number of fused-ring (bicyclic) bond motifs is 1. The van der Waals surface area contributed by atoms with Crippen LogP contribution in [0.1, 0.15) is 11.3 Å². The van der Waals surface area contributed by atoms with Gasteiger partial charge in [-0.25, -0.2) is 9.97 Å². The van der Waals surface area contributed by atoms with E-state index < -0.39 is 0 Å². The first-order valence-corrected chi connectivity index (χ1v) is 9.13. The fourth-order valence-corrected chi connectivity index (χ4v) is 3.70. The molecule has 4 N–H and O–H groups in total. The van der Waals surface area contributed by atoms with Crippen molar-refractivity contribution < 1.29 is 0 Å². The van der Waals surface area contributed by atoms with Crippen molar-refractivity contribution in [3.05, 3.63) is 70.0 Å². The minimum Gasteiger partial charge on any atom is -0.399 e. The second-order valence-corrected chi connectivity index (χ2v) is 7.12. The lowest BCUT2D eigenvalue weighted by Crippen LogP contribution is -2.08. The van der Waals surface area contributed by atoms with Gasteiger partial charge in [-0.3, -0.25) is 4.40 Å². The molecule has 27 heavy (non-hydrogen) atoms. The molecule has 136 valence electrons. The van der Waals surface area contributed by atoms with Gasteiger partial charge in [0.15, 0.2) is 0 Å². The Balaban J connectivity index is 2.03. The van der Waals surface area contributed by atoms with Crippen molar-refractivity contribution in [2.45, 2.75) is 13.5 Å². The molecule has 0 spiro atoms. The highest BCUT2D eigenvalue weighted by molar-refractivity contribution is 6.36. The number of rotatable bonds is 3. The van der Waals surface area contributed by atoms with Crippen LogP contribution < -0.4 is 11.5 Å². The lowest BCUT2D eigenvalue weighted by Gasteiger charge is -2.14. The summed E-state index contributed by atoms with van der Waals surface area (Å²) in [6.07, 6.45) is 1.93. The first-order valence-electron chi connectivity index (χ1n) is 8.38. The molecule has 2 aromatic carbocycles. The highest BCUT2D eigenvalue weighted by Crippen LogP contribution is 2.34. The summed E-state index contributed by atoms with van der Waals surface area (Å²) in [5, 5.41) is 1.12. The van der Waals surface area contributed by atoms with Crippen LogP contribution in [0.5, 0.6) is 0 Å². The summed E-state index contributed by atoms with van der Waals surface area (Å²) in [7, 11) is 0. The molecule has 0 saturated carbocycles. The normalized spacial score (nSPS) is 11.3. The lowest BCUT2D eigenvalue weighted by molar-refractivity contribution is 0.963. The summed E-state index contributed by atoms with van der Waals surface area (Å²) in [6, 6.07) is 13.0. The molecule has 7 heteroatoms. The number of anilines is 1. The number of nitrogens with two attached hydrogens (primary N) is 2. The zero-order valence-electron chi connectivity index (χ0n) is 14.6. The Morgan fingerprint density at radius 2 is 1.89 bits per heavy atom. The minimum absolute atomic E-state index is 0.328. The van der Waals surface area contributed by atoms with Gasteiger partial charge in [0.25, 0.3) is 0 Å². The van der Waals surface area contributed by atoms with Crippen molar-refractivity contribution in [3.8, 4) is 22.5 Å².